The number of hydrogen-bond donors (Lipinski definition) is 1. The Labute approximate surface area is 161 Å². The SMILES string of the molecule is CC(=O)c1c(C)c(C(C)=O)c(C)c(-n2c(=O)[nH]n(-c3ccccc3)c2=O)c1C. The molecule has 3 rings (SSSR count). The first-order chi connectivity index (χ1) is 13.2. The van der Waals surface area contributed by atoms with E-state index < -0.39 is 11.4 Å². The van der Waals surface area contributed by atoms with E-state index in [1.54, 1.807) is 51.1 Å². The van der Waals surface area contributed by atoms with Gasteiger partial charge in [0.25, 0.3) is 0 Å². The maximum atomic E-state index is 13.1. The third kappa shape index (κ3) is 2.85. The van der Waals surface area contributed by atoms with Crippen LogP contribution in [-0.2, 0) is 0 Å². The number of carbonyl (C=O) groups excluding carboxylic acids is 2. The van der Waals surface area contributed by atoms with Gasteiger partial charge in [0.1, 0.15) is 0 Å². The zero-order chi connectivity index (χ0) is 20.7. The summed E-state index contributed by atoms with van der Waals surface area (Å²) < 4.78 is 2.12. The lowest BCUT2D eigenvalue weighted by Gasteiger charge is -2.19. The lowest BCUT2D eigenvalue weighted by molar-refractivity contribution is 0.101. The van der Waals surface area contributed by atoms with Crippen LogP contribution in [0.25, 0.3) is 11.4 Å². The molecule has 0 amide bonds. The van der Waals surface area contributed by atoms with E-state index in [2.05, 4.69) is 5.10 Å². The average Bonchev–Trinajstić information content (AvgIpc) is 2.90. The van der Waals surface area contributed by atoms with Crippen molar-refractivity contribution in [3.8, 4) is 11.4 Å². The van der Waals surface area contributed by atoms with Crippen LogP contribution in [0.1, 0.15) is 51.3 Å². The van der Waals surface area contributed by atoms with Gasteiger partial charge in [-0.2, -0.15) is 0 Å². The number of carbonyl (C=O) groups is 2. The van der Waals surface area contributed by atoms with Crippen molar-refractivity contribution in [2.45, 2.75) is 34.6 Å². The first kappa shape index (κ1) is 19.3. The summed E-state index contributed by atoms with van der Waals surface area (Å²) >= 11 is 0. The van der Waals surface area contributed by atoms with Gasteiger partial charge in [0, 0.05) is 11.1 Å². The van der Waals surface area contributed by atoms with E-state index in [-0.39, 0.29) is 17.3 Å². The molecule has 0 atom stereocenters. The molecule has 0 saturated carbocycles. The van der Waals surface area contributed by atoms with Crippen molar-refractivity contribution in [2.24, 2.45) is 0 Å². The van der Waals surface area contributed by atoms with Gasteiger partial charge in [-0.25, -0.2) is 23.9 Å². The quantitative estimate of drug-likeness (QED) is 0.705. The molecule has 0 saturated heterocycles. The highest BCUT2D eigenvalue weighted by Gasteiger charge is 2.25. The number of nitrogens with zero attached hydrogens (tertiary/aromatic N) is 2. The number of benzene rings is 2. The summed E-state index contributed by atoms with van der Waals surface area (Å²) in [5, 5.41) is 2.54. The smallest absolute Gasteiger partial charge is 0.294 e. The van der Waals surface area contributed by atoms with Crippen LogP contribution in [0, 0.1) is 20.8 Å². The molecule has 0 bridgehead atoms. The molecule has 1 N–H and O–H groups in total. The van der Waals surface area contributed by atoms with Crippen LogP contribution in [0.3, 0.4) is 0 Å². The second kappa shape index (κ2) is 6.92. The third-order valence-corrected chi connectivity index (χ3v) is 4.95. The normalized spacial score (nSPS) is 10.9. The van der Waals surface area contributed by atoms with E-state index in [1.807, 2.05) is 0 Å². The van der Waals surface area contributed by atoms with Crippen LogP contribution in [0.5, 0.6) is 0 Å². The number of H-pyrrole nitrogens is 1. The topological polar surface area (TPSA) is 93.9 Å². The monoisotopic (exact) mass is 379 g/mol. The van der Waals surface area contributed by atoms with Gasteiger partial charge in [-0.3, -0.25) is 9.59 Å². The number of rotatable bonds is 4. The van der Waals surface area contributed by atoms with Gasteiger partial charge < -0.3 is 0 Å². The Bertz CT molecular complexity index is 1190. The highest BCUT2D eigenvalue weighted by atomic mass is 16.2. The molecule has 1 aromatic heterocycles. The zero-order valence-corrected chi connectivity index (χ0v) is 16.4. The van der Waals surface area contributed by atoms with Gasteiger partial charge in [0.2, 0.25) is 0 Å². The third-order valence-electron chi connectivity index (χ3n) is 4.95. The van der Waals surface area contributed by atoms with E-state index in [0.717, 1.165) is 9.25 Å². The number of ketones is 2. The van der Waals surface area contributed by atoms with Crippen molar-refractivity contribution in [3.63, 3.8) is 0 Å². The minimum atomic E-state index is -0.645. The van der Waals surface area contributed by atoms with E-state index in [4.69, 9.17) is 0 Å². The molecule has 0 aliphatic rings. The van der Waals surface area contributed by atoms with E-state index in [0.29, 0.717) is 33.5 Å². The van der Waals surface area contributed by atoms with Crippen LogP contribution in [0.2, 0.25) is 0 Å². The molecular weight excluding hydrogens is 358 g/mol. The molecule has 0 radical (unpaired) electrons. The molecule has 2 aromatic carbocycles. The van der Waals surface area contributed by atoms with Crippen LogP contribution in [-0.4, -0.2) is 25.9 Å². The van der Waals surface area contributed by atoms with Crippen molar-refractivity contribution >= 4 is 11.6 Å². The Kier molecular flexibility index (Phi) is 4.77. The van der Waals surface area contributed by atoms with Gasteiger partial charge in [-0.05, 0) is 63.4 Å². The first-order valence-corrected chi connectivity index (χ1v) is 8.82. The fraction of sp³-hybridized carbons (Fsp3) is 0.238. The predicted octanol–water partition coefficient (Wildman–Crippen LogP) is 2.65. The standard InChI is InChI=1S/C21H21N3O4/c1-11-17(14(4)25)12(2)19(13(3)18(11)15(5)26)23-20(27)22-24(21(23)28)16-9-7-6-8-10-16/h6-10H,1-5H3,(H,22,27). The molecule has 0 unspecified atom stereocenters. The van der Waals surface area contributed by atoms with Crippen LogP contribution >= 0.6 is 0 Å². The molecule has 3 aromatic rings. The summed E-state index contributed by atoms with van der Waals surface area (Å²) in [5.41, 5.74) is 1.77. The highest BCUT2D eigenvalue weighted by molar-refractivity contribution is 6.05. The number of Topliss-reactive ketones (excluding diaryl/α,β-unsaturated/α-hetero) is 2. The van der Waals surface area contributed by atoms with E-state index in [9.17, 15) is 19.2 Å². The van der Waals surface area contributed by atoms with E-state index in [1.165, 1.54) is 13.8 Å². The summed E-state index contributed by atoms with van der Waals surface area (Å²) in [5.74, 6) is -0.462. The summed E-state index contributed by atoms with van der Waals surface area (Å²) in [4.78, 5) is 50.3. The predicted molar refractivity (Wildman–Crippen MR) is 106 cm³/mol. The van der Waals surface area contributed by atoms with Crippen molar-refractivity contribution in [2.75, 3.05) is 0 Å². The maximum Gasteiger partial charge on any atom is 0.356 e. The molecular formula is C21H21N3O4. The molecule has 1 heterocycles. The van der Waals surface area contributed by atoms with E-state index >= 15 is 0 Å². The van der Waals surface area contributed by atoms with Crippen LogP contribution in [0.4, 0.5) is 0 Å². The van der Waals surface area contributed by atoms with Gasteiger partial charge >= 0.3 is 11.4 Å². The fourth-order valence-electron chi connectivity index (χ4n) is 3.93. The summed E-state index contributed by atoms with van der Waals surface area (Å²) in [6, 6.07) is 8.69. The van der Waals surface area contributed by atoms with Crippen molar-refractivity contribution in [1.29, 1.82) is 0 Å². The number of hydrogen-bond acceptors (Lipinski definition) is 4. The van der Waals surface area contributed by atoms with Gasteiger partial charge in [0.15, 0.2) is 11.6 Å². The molecule has 7 heteroatoms. The lowest BCUT2D eigenvalue weighted by atomic mass is 9.88. The molecule has 0 spiro atoms. The number of nitrogens with one attached hydrogen (secondary N) is 1. The van der Waals surface area contributed by atoms with Crippen molar-refractivity contribution < 1.29 is 9.59 Å². The summed E-state index contributed by atoms with van der Waals surface area (Å²) in [7, 11) is 0. The average molecular weight is 379 g/mol. The molecule has 144 valence electrons. The van der Waals surface area contributed by atoms with Crippen LogP contribution in [0.15, 0.2) is 39.9 Å². The largest absolute Gasteiger partial charge is 0.356 e. The Morgan fingerprint density at radius 3 is 1.79 bits per heavy atom. The number of para-hydroxylation sites is 1. The van der Waals surface area contributed by atoms with Gasteiger partial charge in [-0.1, -0.05) is 18.2 Å². The van der Waals surface area contributed by atoms with Crippen LogP contribution < -0.4 is 11.4 Å². The first-order valence-electron chi connectivity index (χ1n) is 8.82. The van der Waals surface area contributed by atoms with Gasteiger partial charge in [0.05, 0.1) is 11.4 Å². The fourth-order valence-corrected chi connectivity index (χ4v) is 3.93. The minimum Gasteiger partial charge on any atom is -0.294 e. The molecule has 28 heavy (non-hydrogen) atoms. The summed E-state index contributed by atoms with van der Waals surface area (Å²) in [6.45, 7) is 7.88. The highest BCUT2D eigenvalue weighted by Crippen LogP contribution is 2.29. The number of aromatic nitrogens is 3. The Morgan fingerprint density at radius 2 is 1.32 bits per heavy atom. The second-order valence-corrected chi connectivity index (χ2v) is 6.79. The second-order valence-electron chi connectivity index (χ2n) is 6.79. The Balaban J connectivity index is 2.45. The van der Waals surface area contributed by atoms with Gasteiger partial charge in [-0.15, -0.1) is 0 Å². The molecule has 7 nitrogen and oxygen atoms in total. The maximum absolute atomic E-state index is 13.1. The summed E-state index contributed by atoms with van der Waals surface area (Å²) in [6.07, 6.45) is 0. The minimum absolute atomic E-state index is 0.231. The van der Waals surface area contributed by atoms with Crippen molar-refractivity contribution in [3.05, 3.63) is 79.1 Å². The Morgan fingerprint density at radius 1 is 0.821 bits per heavy atom. The Hall–Kier alpha value is -3.48. The molecule has 0 aliphatic heterocycles. The molecule has 0 fully saturated rings. The zero-order valence-electron chi connectivity index (χ0n) is 16.4. The van der Waals surface area contributed by atoms with Crippen molar-refractivity contribution in [1.82, 2.24) is 14.3 Å². The molecule has 0 aliphatic carbocycles. The number of aromatic amines is 1. The lowest BCUT2D eigenvalue weighted by Crippen LogP contribution is -2.29.